The quantitative estimate of drug-likeness (QED) is 0.628. The number of methoxy groups -OCH3 is 1. The zero-order valence-corrected chi connectivity index (χ0v) is 10.5. The van der Waals surface area contributed by atoms with Gasteiger partial charge in [0.15, 0.2) is 5.78 Å². The molecule has 1 saturated carbocycles. The first-order valence-electron chi connectivity index (χ1n) is 6.37. The molecular formula is C13H24O3. The van der Waals surface area contributed by atoms with Crippen LogP contribution >= 0.6 is 0 Å². The van der Waals surface area contributed by atoms with Crippen molar-refractivity contribution in [1.29, 1.82) is 0 Å². The third-order valence-corrected chi connectivity index (χ3v) is 3.49. The third-order valence-electron chi connectivity index (χ3n) is 3.49. The van der Waals surface area contributed by atoms with Crippen molar-refractivity contribution >= 4 is 5.78 Å². The first-order chi connectivity index (χ1) is 7.77. The molecule has 1 aliphatic carbocycles. The van der Waals surface area contributed by atoms with Crippen LogP contribution < -0.4 is 0 Å². The molecule has 0 N–H and O–H groups in total. The van der Waals surface area contributed by atoms with Gasteiger partial charge >= 0.3 is 0 Å². The first kappa shape index (κ1) is 13.7. The Hall–Kier alpha value is -0.410. The van der Waals surface area contributed by atoms with Gasteiger partial charge in [0, 0.05) is 13.0 Å². The number of carbonyl (C=O) groups is 1. The molecule has 1 rings (SSSR count). The van der Waals surface area contributed by atoms with Crippen LogP contribution in [0.2, 0.25) is 0 Å². The Balaban J connectivity index is 2.19. The fourth-order valence-electron chi connectivity index (χ4n) is 2.39. The zero-order chi connectivity index (χ0) is 11.8. The molecule has 0 saturated heterocycles. The molecule has 1 aliphatic rings. The number of hydrogen-bond acceptors (Lipinski definition) is 3. The highest BCUT2D eigenvalue weighted by Gasteiger charge is 2.25. The van der Waals surface area contributed by atoms with Crippen LogP contribution in [0.3, 0.4) is 0 Å². The van der Waals surface area contributed by atoms with Crippen molar-refractivity contribution in [2.45, 2.75) is 39.0 Å². The molecule has 2 atom stereocenters. The van der Waals surface area contributed by atoms with Gasteiger partial charge in [-0.2, -0.15) is 0 Å². The Labute approximate surface area is 98.5 Å². The predicted molar refractivity (Wildman–Crippen MR) is 63.4 cm³/mol. The van der Waals surface area contributed by atoms with E-state index in [0.29, 0.717) is 13.2 Å². The summed E-state index contributed by atoms with van der Waals surface area (Å²) in [4.78, 5) is 11.9. The summed E-state index contributed by atoms with van der Waals surface area (Å²) in [6, 6.07) is 0. The Morgan fingerprint density at radius 3 is 2.81 bits per heavy atom. The summed E-state index contributed by atoms with van der Waals surface area (Å²) in [5, 5.41) is 0. The molecule has 0 aliphatic heterocycles. The second-order valence-electron chi connectivity index (χ2n) is 4.65. The normalized spacial score (nSPS) is 25.6. The molecule has 0 aromatic carbocycles. The van der Waals surface area contributed by atoms with Gasteiger partial charge in [-0.3, -0.25) is 4.79 Å². The Morgan fingerprint density at radius 1 is 1.31 bits per heavy atom. The molecule has 0 bridgehead atoms. The summed E-state index contributed by atoms with van der Waals surface area (Å²) in [5.41, 5.74) is 0. The van der Waals surface area contributed by atoms with E-state index in [0.717, 1.165) is 18.8 Å². The van der Waals surface area contributed by atoms with Gasteiger partial charge in [0.1, 0.15) is 6.61 Å². The van der Waals surface area contributed by atoms with Crippen LogP contribution in [0.25, 0.3) is 0 Å². The Kier molecular flexibility index (Phi) is 6.65. The second kappa shape index (κ2) is 7.80. The van der Waals surface area contributed by atoms with Crippen LogP contribution in [0.4, 0.5) is 0 Å². The largest absolute Gasteiger partial charge is 0.382 e. The maximum atomic E-state index is 11.9. The Morgan fingerprint density at radius 2 is 2.12 bits per heavy atom. The highest BCUT2D eigenvalue weighted by molar-refractivity contribution is 5.82. The van der Waals surface area contributed by atoms with Gasteiger partial charge in [-0.05, 0) is 18.8 Å². The topological polar surface area (TPSA) is 35.5 Å². The summed E-state index contributed by atoms with van der Waals surface area (Å²) in [5.74, 6) is 1.29. The van der Waals surface area contributed by atoms with E-state index in [1.807, 2.05) is 0 Å². The smallest absolute Gasteiger partial charge is 0.161 e. The standard InChI is InChI=1S/C13H24O3/c1-3-11-5-4-6-12(9-11)13(14)10-16-8-7-15-2/h11-12H,3-10H2,1-2H3. The van der Waals surface area contributed by atoms with Crippen molar-refractivity contribution in [3.63, 3.8) is 0 Å². The molecule has 0 aromatic heterocycles. The van der Waals surface area contributed by atoms with Crippen LogP contribution in [-0.4, -0.2) is 32.7 Å². The van der Waals surface area contributed by atoms with Crippen LogP contribution in [0.15, 0.2) is 0 Å². The minimum atomic E-state index is 0.251. The minimum absolute atomic E-state index is 0.251. The number of carbonyl (C=O) groups excluding carboxylic acids is 1. The Bertz CT molecular complexity index is 203. The molecule has 3 heteroatoms. The van der Waals surface area contributed by atoms with Crippen LogP contribution in [0.5, 0.6) is 0 Å². The number of rotatable bonds is 7. The first-order valence-corrected chi connectivity index (χ1v) is 6.37. The SMILES string of the molecule is CCC1CCCC(C(=O)COCCOC)C1. The number of Topliss-reactive ketones (excluding diaryl/α,β-unsaturated/α-hetero) is 1. The van der Waals surface area contributed by atoms with Crippen molar-refractivity contribution in [1.82, 2.24) is 0 Å². The van der Waals surface area contributed by atoms with Crippen LogP contribution in [0, 0.1) is 11.8 Å². The highest BCUT2D eigenvalue weighted by Crippen LogP contribution is 2.31. The molecule has 0 heterocycles. The summed E-state index contributed by atoms with van der Waals surface area (Å²) in [6.45, 7) is 3.57. The van der Waals surface area contributed by atoms with Gasteiger partial charge in [0.25, 0.3) is 0 Å². The maximum Gasteiger partial charge on any atom is 0.161 e. The van der Waals surface area contributed by atoms with Crippen molar-refractivity contribution < 1.29 is 14.3 Å². The van der Waals surface area contributed by atoms with E-state index in [9.17, 15) is 4.79 Å². The lowest BCUT2D eigenvalue weighted by Crippen LogP contribution is -2.26. The fourth-order valence-corrected chi connectivity index (χ4v) is 2.39. The molecule has 0 amide bonds. The summed E-state index contributed by atoms with van der Waals surface area (Å²) < 4.78 is 10.2. The van der Waals surface area contributed by atoms with E-state index in [1.165, 1.54) is 19.3 Å². The fraction of sp³-hybridized carbons (Fsp3) is 0.923. The summed E-state index contributed by atoms with van der Waals surface area (Å²) in [7, 11) is 1.64. The molecule has 94 valence electrons. The molecule has 0 aromatic rings. The molecule has 0 radical (unpaired) electrons. The minimum Gasteiger partial charge on any atom is -0.382 e. The van der Waals surface area contributed by atoms with Gasteiger partial charge in [-0.15, -0.1) is 0 Å². The van der Waals surface area contributed by atoms with Gasteiger partial charge in [-0.1, -0.05) is 26.2 Å². The van der Waals surface area contributed by atoms with E-state index in [-0.39, 0.29) is 18.3 Å². The average Bonchev–Trinajstić information content (AvgIpc) is 2.34. The number of ether oxygens (including phenoxy) is 2. The van der Waals surface area contributed by atoms with Crippen molar-refractivity contribution in [3.05, 3.63) is 0 Å². The van der Waals surface area contributed by atoms with Crippen LogP contribution in [0.1, 0.15) is 39.0 Å². The van der Waals surface area contributed by atoms with Crippen molar-refractivity contribution in [2.75, 3.05) is 26.9 Å². The molecule has 3 nitrogen and oxygen atoms in total. The van der Waals surface area contributed by atoms with Gasteiger partial charge < -0.3 is 9.47 Å². The maximum absolute atomic E-state index is 11.9. The van der Waals surface area contributed by atoms with E-state index in [4.69, 9.17) is 9.47 Å². The molecule has 0 spiro atoms. The number of hydrogen-bond donors (Lipinski definition) is 0. The summed E-state index contributed by atoms with van der Waals surface area (Å²) >= 11 is 0. The lowest BCUT2D eigenvalue weighted by molar-refractivity contribution is -0.129. The van der Waals surface area contributed by atoms with E-state index < -0.39 is 0 Å². The monoisotopic (exact) mass is 228 g/mol. The van der Waals surface area contributed by atoms with Crippen LogP contribution in [-0.2, 0) is 14.3 Å². The van der Waals surface area contributed by atoms with E-state index >= 15 is 0 Å². The van der Waals surface area contributed by atoms with Gasteiger partial charge in [0.05, 0.1) is 13.2 Å². The van der Waals surface area contributed by atoms with Crippen molar-refractivity contribution in [3.8, 4) is 0 Å². The molecular weight excluding hydrogens is 204 g/mol. The van der Waals surface area contributed by atoms with Gasteiger partial charge in [-0.25, -0.2) is 0 Å². The van der Waals surface area contributed by atoms with Crippen molar-refractivity contribution in [2.24, 2.45) is 11.8 Å². The lowest BCUT2D eigenvalue weighted by Gasteiger charge is -2.27. The highest BCUT2D eigenvalue weighted by atomic mass is 16.5. The van der Waals surface area contributed by atoms with Gasteiger partial charge in [0.2, 0.25) is 0 Å². The number of ketones is 1. The molecule has 2 unspecified atom stereocenters. The lowest BCUT2D eigenvalue weighted by atomic mass is 9.78. The molecule has 16 heavy (non-hydrogen) atoms. The van der Waals surface area contributed by atoms with E-state index in [1.54, 1.807) is 7.11 Å². The zero-order valence-electron chi connectivity index (χ0n) is 10.5. The van der Waals surface area contributed by atoms with E-state index in [2.05, 4.69) is 6.92 Å². The summed E-state index contributed by atoms with van der Waals surface area (Å²) in [6.07, 6.45) is 5.83. The molecule has 1 fully saturated rings. The second-order valence-corrected chi connectivity index (χ2v) is 4.65. The predicted octanol–water partition coefficient (Wildman–Crippen LogP) is 2.43. The average molecular weight is 228 g/mol. The third kappa shape index (κ3) is 4.62.